The van der Waals surface area contributed by atoms with Crippen molar-refractivity contribution in [2.24, 2.45) is 12.5 Å². The third-order valence-electron chi connectivity index (χ3n) is 3.16. The second kappa shape index (κ2) is 3.71. The average Bonchev–Trinajstić information content (AvgIpc) is 2.80. The summed E-state index contributed by atoms with van der Waals surface area (Å²) in [5.41, 5.74) is 2.47. The van der Waals surface area contributed by atoms with Crippen LogP contribution in [0.3, 0.4) is 0 Å². The Morgan fingerprint density at radius 1 is 1.60 bits per heavy atom. The van der Waals surface area contributed by atoms with Gasteiger partial charge in [-0.3, -0.25) is 0 Å². The normalized spacial score (nSPS) is 17.4. The maximum Gasteiger partial charge on any atom is 0.120 e. The summed E-state index contributed by atoms with van der Waals surface area (Å²) in [6, 6.07) is 4.12. The van der Waals surface area contributed by atoms with Crippen molar-refractivity contribution in [3.63, 3.8) is 0 Å². The number of hydrogen-bond donors (Lipinski definition) is 1. The van der Waals surface area contributed by atoms with Crippen LogP contribution < -0.4 is 5.32 Å². The second-order valence-electron chi connectivity index (χ2n) is 4.87. The molecule has 3 heteroatoms. The molecule has 1 aliphatic carbocycles. The highest BCUT2D eigenvalue weighted by atomic mass is 14.9. The summed E-state index contributed by atoms with van der Waals surface area (Å²) in [7, 11) is 1.91. The molecule has 1 N–H and O–H groups in total. The monoisotopic (exact) mass is 203 g/mol. The fourth-order valence-electron chi connectivity index (χ4n) is 1.74. The van der Waals surface area contributed by atoms with Gasteiger partial charge in [0.05, 0.1) is 0 Å². The van der Waals surface area contributed by atoms with Crippen molar-refractivity contribution < 1.29 is 0 Å². The molecule has 1 aliphatic rings. The average molecular weight is 203 g/mol. The molecule has 1 saturated carbocycles. The molecule has 0 spiro atoms. The molecule has 0 unspecified atom stereocenters. The first-order chi connectivity index (χ1) is 7.13. The van der Waals surface area contributed by atoms with Gasteiger partial charge in [0, 0.05) is 26.3 Å². The van der Waals surface area contributed by atoms with Crippen LogP contribution in [0.1, 0.15) is 31.0 Å². The number of nitrogens with zero attached hydrogens (tertiary/aromatic N) is 2. The van der Waals surface area contributed by atoms with Crippen molar-refractivity contribution in [2.45, 2.75) is 26.3 Å². The first-order valence-electron chi connectivity index (χ1n) is 5.39. The largest absolute Gasteiger partial charge is 0.342 e. The van der Waals surface area contributed by atoms with Gasteiger partial charge in [-0.2, -0.15) is 5.26 Å². The highest BCUT2D eigenvalue weighted by Gasteiger charge is 2.36. The van der Waals surface area contributed by atoms with Crippen LogP contribution in [0.15, 0.2) is 12.3 Å². The Kier molecular flexibility index (Phi) is 2.54. The van der Waals surface area contributed by atoms with E-state index in [4.69, 9.17) is 5.26 Å². The van der Waals surface area contributed by atoms with Gasteiger partial charge in [-0.05, 0) is 29.9 Å². The molecule has 3 nitrogen and oxygen atoms in total. The first-order valence-corrected chi connectivity index (χ1v) is 5.39. The molecule has 1 fully saturated rings. The van der Waals surface area contributed by atoms with Gasteiger partial charge < -0.3 is 9.88 Å². The molecule has 1 heterocycles. The number of nitriles is 1. The van der Waals surface area contributed by atoms with Crippen molar-refractivity contribution in [1.29, 1.82) is 5.26 Å². The third kappa shape index (κ3) is 2.40. The molecule has 0 radical (unpaired) electrons. The van der Waals surface area contributed by atoms with Crippen molar-refractivity contribution >= 4 is 0 Å². The lowest BCUT2D eigenvalue weighted by atomic mass is 10.1. The lowest BCUT2D eigenvalue weighted by Gasteiger charge is -2.08. The summed E-state index contributed by atoms with van der Waals surface area (Å²) in [6.45, 7) is 4.26. The highest BCUT2D eigenvalue weighted by molar-refractivity contribution is 5.28. The van der Waals surface area contributed by atoms with Crippen LogP contribution in [0, 0.1) is 16.7 Å². The van der Waals surface area contributed by atoms with Crippen LogP contribution >= 0.6 is 0 Å². The predicted octanol–water partition coefficient (Wildman–Crippen LogP) is 1.79. The lowest BCUT2D eigenvalue weighted by Crippen LogP contribution is -2.21. The van der Waals surface area contributed by atoms with Gasteiger partial charge >= 0.3 is 0 Å². The fourth-order valence-corrected chi connectivity index (χ4v) is 1.74. The van der Waals surface area contributed by atoms with E-state index in [2.05, 4.69) is 18.3 Å². The van der Waals surface area contributed by atoms with Gasteiger partial charge in [-0.15, -0.1) is 0 Å². The van der Waals surface area contributed by atoms with E-state index in [-0.39, 0.29) is 0 Å². The zero-order valence-corrected chi connectivity index (χ0v) is 9.38. The molecule has 0 bridgehead atoms. The van der Waals surface area contributed by atoms with Crippen molar-refractivity contribution in [3.8, 4) is 6.07 Å². The van der Waals surface area contributed by atoms with Crippen molar-refractivity contribution in [2.75, 3.05) is 6.54 Å². The van der Waals surface area contributed by atoms with Crippen LogP contribution in [0.25, 0.3) is 0 Å². The number of aryl methyl sites for hydroxylation is 1. The lowest BCUT2D eigenvalue weighted by molar-refractivity contribution is 0.499. The van der Waals surface area contributed by atoms with E-state index in [9.17, 15) is 0 Å². The molecule has 15 heavy (non-hydrogen) atoms. The quantitative estimate of drug-likeness (QED) is 0.810. The maximum absolute atomic E-state index is 8.81. The van der Waals surface area contributed by atoms with Crippen molar-refractivity contribution in [1.82, 2.24) is 9.88 Å². The Morgan fingerprint density at radius 3 is 2.87 bits per heavy atom. The Bertz CT molecular complexity index is 393. The molecule has 1 aromatic heterocycles. The van der Waals surface area contributed by atoms with Gasteiger partial charge in [0.15, 0.2) is 0 Å². The van der Waals surface area contributed by atoms with E-state index in [1.807, 2.05) is 23.9 Å². The predicted molar refractivity (Wildman–Crippen MR) is 59.2 cm³/mol. The van der Waals surface area contributed by atoms with Gasteiger partial charge in [0.2, 0.25) is 0 Å². The van der Waals surface area contributed by atoms with E-state index < -0.39 is 0 Å². The minimum Gasteiger partial charge on any atom is -0.342 e. The molecule has 0 aliphatic heterocycles. The highest BCUT2D eigenvalue weighted by Crippen LogP contribution is 2.44. The zero-order chi connectivity index (χ0) is 10.9. The molecule has 80 valence electrons. The minimum absolute atomic E-state index is 0.548. The third-order valence-corrected chi connectivity index (χ3v) is 3.16. The SMILES string of the molecule is Cn1cc(CNCC2(C)CC2)cc1C#N. The van der Waals surface area contributed by atoms with Crippen LogP contribution in [0.2, 0.25) is 0 Å². The van der Waals surface area contributed by atoms with Crippen LogP contribution in [-0.2, 0) is 13.6 Å². The van der Waals surface area contributed by atoms with Gasteiger partial charge in [0.25, 0.3) is 0 Å². The molecule has 0 atom stereocenters. The smallest absolute Gasteiger partial charge is 0.120 e. The summed E-state index contributed by atoms with van der Waals surface area (Å²) >= 11 is 0. The zero-order valence-electron chi connectivity index (χ0n) is 9.38. The van der Waals surface area contributed by atoms with Gasteiger partial charge in [-0.1, -0.05) is 6.92 Å². The van der Waals surface area contributed by atoms with Crippen LogP contribution in [0.4, 0.5) is 0 Å². The summed E-state index contributed by atoms with van der Waals surface area (Å²) in [5.74, 6) is 0. The number of nitrogens with one attached hydrogen (secondary N) is 1. The standard InChI is InChI=1S/C12H17N3/c1-12(3-4-12)9-14-7-10-5-11(6-13)15(2)8-10/h5,8,14H,3-4,7,9H2,1-2H3. The summed E-state index contributed by atoms with van der Waals surface area (Å²) in [4.78, 5) is 0. The maximum atomic E-state index is 8.81. The van der Waals surface area contributed by atoms with E-state index in [1.165, 1.54) is 18.4 Å². The van der Waals surface area contributed by atoms with Gasteiger partial charge in [0.1, 0.15) is 11.8 Å². The molecule has 2 rings (SSSR count). The summed E-state index contributed by atoms with van der Waals surface area (Å²) in [5, 5.41) is 12.3. The Morgan fingerprint density at radius 2 is 2.33 bits per heavy atom. The topological polar surface area (TPSA) is 40.8 Å². The fraction of sp³-hybridized carbons (Fsp3) is 0.583. The van der Waals surface area contributed by atoms with E-state index in [0.717, 1.165) is 18.8 Å². The number of hydrogen-bond acceptors (Lipinski definition) is 2. The van der Waals surface area contributed by atoms with Crippen LogP contribution in [0.5, 0.6) is 0 Å². The summed E-state index contributed by atoms with van der Waals surface area (Å²) < 4.78 is 1.87. The van der Waals surface area contributed by atoms with E-state index in [0.29, 0.717) is 5.41 Å². The van der Waals surface area contributed by atoms with E-state index >= 15 is 0 Å². The molecular weight excluding hydrogens is 186 g/mol. The second-order valence-corrected chi connectivity index (χ2v) is 4.87. The Balaban J connectivity index is 1.85. The van der Waals surface area contributed by atoms with Crippen molar-refractivity contribution in [3.05, 3.63) is 23.5 Å². The molecule has 0 amide bonds. The molecule has 1 aromatic rings. The first kappa shape index (κ1) is 10.3. The Hall–Kier alpha value is -1.27. The minimum atomic E-state index is 0.548. The van der Waals surface area contributed by atoms with Crippen LogP contribution in [-0.4, -0.2) is 11.1 Å². The Labute approximate surface area is 90.7 Å². The molecule has 0 aromatic carbocycles. The van der Waals surface area contributed by atoms with E-state index in [1.54, 1.807) is 0 Å². The summed E-state index contributed by atoms with van der Waals surface area (Å²) in [6.07, 6.45) is 4.71. The molecule has 0 saturated heterocycles. The number of aromatic nitrogens is 1. The number of rotatable bonds is 4. The molecular formula is C12H17N3. The van der Waals surface area contributed by atoms with Gasteiger partial charge in [-0.25, -0.2) is 0 Å².